The van der Waals surface area contributed by atoms with E-state index in [0.29, 0.717) is 6.54 Å². The number of benzene rings is 1. The lowest BCUT2D eigenvalue weighted by Crippen LogP contribution is -2.39. The monoisotopic (exact) mass is 266 g/mol. The maximum Gasteiger partial charge on any atom is 0.123 e. The number of anilines is 1. The summed E-state index contributed by atoms with van der Waals surface area (Å²) in [4.78, 5) is 2.31. The largest absolute Gasteiger partial charge is 0.380 e. The van der Waals surface area contributed by atoms with Crippen molar-refractivity contribution in [3.05, 3.63) is 29.6 Å². The molecule has 0 amide bonds. The summed E-state index contributed by atoms with van der Waals surface area (Å²) in [6.45, 7) is 5.56. The molecule has 1 aliphatic rings. The molecule has 19 heavy (non-hydrogen) atoms. The predicted molar refractivity (Wildman–Crippen MR) is 76.0 cm³/mol. The summed E-state index contributed by atoms with van der Waals surface area (Å²) >= 11 is 0. The van der Waals surface area contributed by atoms with E-state index < -0.39 is 0 Å². The minimum absolute atomic E-state index is 0.169. The van der Waals surface area contributed by atoms with E-state index in [1.165, 1.54) is 0 Å². The fraction of sp³-hybridized carbons (Fsp3) is 0.600. The van der Waals surface area contributed by atoms with Crippen LogP contribution >= 0.6 is 0 Å². The van der Waals surface area contributed by atoms with Crippen molar-refractivity contribution in [3.63, 3.8) is 0 Å². The molecule has 1 aliphatic heterocycles. The first-order valence-electron chi connectivity index (χ1n) is 7.01. The molecular formula is C15H23FN2O. The molecule has 3 nitrogen and oxygen atoms in total. The van der Waals surface area contributed by atoms with Crippen LogP contribution in [0, 0.1) is 5.82 Å². The second kappa shape index (κ2) is 6.87. The van der Waals surface area contributed by atoms with Gasteiger partial charge in [-0.25, -0.2) is 4.39 Å². The molecule has 0 aromatic heterocycles. The third-order valence-corrected chi connectivity index (χ3v) is 3.66. The SMILES string of the molecule is CCNCc1cc(F)ccc1N1CCCC(OC)C1. The summed E-state index contributed by atoms with van der Waals surface area (Å²) in [5, 5.41) is 3.27. The summed E-state index contributed by atoms with van der Waals surface area (Å²) in [5.74, 6) is -0.169. The Balaban J connectivity index is 2.17. The highest BCUT2D eigenvalue weighted by Gasteiger charge is 2.21. The smallest absolute Gasteiger partial charge is 0.123 e. The molecule has 1 aromatic rings. The fourth-order valence-electron chi connectivity index (χ4n) is 2.61. The quantitative estimate of drug-likeness (QED) is 0.886. The molecule has 0 bridgehead atoms. The Morgan fingerprint density at radius 2 is 2.32 bits per heavy atom. The summed E-state index contributed by atoms with van der Waals surface area (Å²) in [5.41, 5.74) is 2.16. The molecule has 0 aliphatic carbocycles. The highest BCUT2D eigenvalue weighted by Crippen LogP contribution is 2.25. The molecule has 106 valence electrons. The van der Waals surface area contributed by atoms with E-state index in [9.17, 15) is 4.39 Å². The second-order valence-electron chi connectivity index (χ2n) is 5.00. The van der Waals surface area contributed by atoms with Crippen molar-refractivity contribution in [1.82, 2.24) is 5.32 Å². The number of rotatable bonds is 5. The van der Waals surface area contributed by atoms with Crippen LogP contribution in [0.5, 0.6) is 0 Å². The van der Waals surface area contributed by atoms with E-state index in [0.717, 1.165) is 43.7 Å². The van der Waals surface area contributed by atoms with Crippen molar-refractivity contribution in [1.29, 1.82) is 0 Å². The Morgan fingerprint density at radius 3 is 3.05 bits per heavy atom. The van der Waals surface area contributed by atoms with E-state index in [1.54, 1.807) is 19.2 Å². The van der Waals surface area contributed by atoms with Gasteiger partial charge in [0.2, 0.25) is 0 Å². The van der Waals surface area contributed by atoms with Crippen molar-refractivity contribution < 1.29 is 9.13 Å². The maximum absolute atomic E-state index is 13.4. The number of piperidine rings is 1. The standard InChI is InChI=1S/C15H23FN2O/c1-3-17-10-12-9-13(16)6-7-15(12)18-8-4-5-14(11-18)19-2/h6-7,9,14,17H,3-5,8,10-11H2,1-2H3. The van der Waals surface area contributed by atoms with Crippen molar-refractivity contribution >= 4 is 5.69 Å². The van der Waals surface area contributed by atoms with Crippen LogP contribution in [0.1, 0.15) is 25.3 Å². The first-order valence-corrected chi connectivity index (χ1v) is 7.01. The van der Waals surface area contributed by atoms with Gasteiger partial charge in [-0.1, -0.05) is 6.92 Å². The average molecular weight is 266 g/mol. The molecule has 1 saturated heterocycles. The number of hydrogen-bond donors (Lipinski definition) is 1. The van der Waals surface area contributed by atoms with Gasteiger partial charge in [0.25, 0.3) is 0 Å². The minimum atomic E-state index is -0.169. The van der Waals surface area contributed by atoms with Gasteiger partial charge in [-0.3, -0.25) is 0 Å². The van der Waals surface area contributed by atoms with Gasteiger partial charge in [-0.15, -0.1) is 0 Å². The molecule has 1 heterocycles. The molecule has 4 heteroatoms. The highest BCUT2D eigenvalue weighted by molar-refractivity contribution is 5.54. The van der Waals surface area contributed by atoms with E-state index in [2.05, 4.69) is 17.1 Å². The molecule has 1 atom stereocenters. The molecular weight excluding hydrogens is 243 g/mol. The van der Waals surface area contributed by atoms with Crippen LogP contribution in [0.2, 0.25) is 0 Å². The van der Waals surface area contributed by atoms with Crippen LogP contribution in [-0.4, -0.2) is 32.8 Å². The molecule has 0 saturated carbocycles. The van der Waals surface area contributed by atoms with Crippen molar-refractivity contribution in [2.45, 2.75) is 32.4 Å². The molecule has 2 rings (SSSR count). The first kappa shape index (κ1) is 14.3. The molecule has 1 unspecified atom stereocenters. The van der Waals surface area contributed by atoms with Gasteiger partial charge in [0, 0.05) is 32.4 Å². The zero-order chi connectivity index (χ0) is 13.7. The van der Waals surface area contributed by atoms with Crippen LogP contribution in [0.25, 0.3) is 0 Å². The third kappa shape index (κ3) is 3.67. The number of hydrogen-bond acceptors (Lipinski definition) is 3. The zero-order valence-corrected chi connectivity index (χ0v) is 11.8. The molecule has 1 N–H and O–H groups in total. The lowest BCUT2D eigenvalue weighted by molar-refractivity contribution is 0.0893. The number of halogens is 1. The van der Waals surface area contributed by atoms with Gasteiger partial charge in [0.15, 0.2) is 0 Å². The molecule has 1 aromatic carbocycles. The average Bonchev–Trinajstić information content (AvgIpc) is 2.45. The van der Waals surface area contributed by atoms with Crippen molar-refractivity contribution in [2.24, 2.45) is 0 Å². The molecule has 1 fully saturated rings. The van der Waals surface area contributed by atoms with Crippen LogP contribution in [0.3, 0.4) is 0 Å². The Hall–Kier alpha value is -1.13. The van der Waals surface area contributed by atoms with Crippen LogP contribution in [-0.2, 0) is 11.3 Å². The Labute approximate surface area is 114 Å². The van der Waals surface area contributed by atoms with E-state index >= 15 is 0 Å². The van der Waals surface area contributed by atoms with E-state index in [4.69, 9.17) is 4.74 Å². The Bertz CT molecular complexity index is 411. The lowest BCUT2D eigenvalue weighted by atomic mass is 10.0. The van der Waals surface area contributed by atoms with Gasteiger partial charge >= 0.3 is 0 Å². The highest BCUT2D eigenvalue weighted by atomic mass is 19.1. The number of nitrogens with one attached hydrogen (secondary N) is 1. The maximum atomic E-state index is 13.4. The molecule has 0 spiro atoms. The normalized spacial score (nSPS) is 19.7. The lowest BCUT2D eigenvalue weighted by Gasteiger charge is -2.35. The van der Waals surface area contributed by atoms with E-state index in [1.807, 2.05) is 6.07 Å². The summed E-state index contributed by atoms with van der Waals surface area (Å²) < 4.78 is 18.9. The summed E-state index contributed by atoms with van der Waals surface area (Å²) in [6, 6.07) is 5.07. The topological polar surface area (TPSA) is 24.5 Å². The Kier molecular flexibility index (Phi) is 5.16. The number of ether oxygens (including phenoxy) is 1. The van der Waals surface area contributed by atoms with Gasteiger partial charge in [-0.2, -0.15) is 0 Å². The fourth-order valence-corrected chi connectivity index (χ4v) is 2.61. The van der Waals surface area contributed by atoms with E-state index in [-0.39, 0.29) is 11.9 Å². The van der Waals surface area contributed by atoms with Crippen LogP contribution in [0.15, 0.2) is 18.2 Å². The predicted octanol–water partition coefficient (Wildman–Crippen LogP) is 2.55. The Morgan fingerprint density at radius 1 is 1.47 bits per heavy atom. The van der Waals surface area contributed by atoms with Crippen LogP contribution in [0.4, 0.5) is 10.1 Å². The van der Waals surface area contributed by atoms with Crippen LogP contribution < -0.4 is 10.2 Å². The number of methoxy groups -OCH3 is 1. The van der Waals surface area contributed by atoms with Gasteiger partial charge < -0.3 is 15.0 Å². The summed E-state index contributed by atoms with van der Waals surface area (Å²) in [6.07, 6.45) is 2.51. The van der Waals surface area contributed by atoms with Crippen molar-refractivity contribution in [3.8, 4) is 0 Å². The van der Waals surface area contributed by atoms with Gasteiger partial charge in [0.05, 0.1) is 6.10 Å². The molecule has 0 radical (unpaired) electrons. The zero-order valence-electron chi connectivity index (χ0n) is 11.8. The first-order chi connectivity index (χ1) is 9.24. The minimum Gasteiger partial charge on any atom is -0.380 e. The third-order valence-electron chi connectivity index (χ3n) is 3.66. The summed E-state index contributed by atoms with van der Waals surface area (Å²) in [7, 11) is 1.76. The van der Waals surface area contributed by atoms with Gasteiger partial charge in [-0.05, 0) is 43.1 Å². The van der Waals surface area contributed by atoms with Gasteiger partial charge in [0.1, 0.15) is 5.82 Å². The number of nitrogens with zero attached hydrogens (tertiary/aromatic N) is 1. The van der Waals surface area contributed by atoms with Crippen molar-refractivity contribution in [2.75, 3.05) is 31.6 Å². The second-order valence-corrected chi connectivity index (χ2v) is 5.00.